The van der Waals surface area contributed by atoms with Crippen LogP contribution in [0.4, 0.5) is 0 Å². The molecule has 0 aromatic rings. The Kier molecular flexibility index (Phi) is 4.40. The molecule has 1 atom stereocenters. The molecule has 13 heavy (non-hydrogen) atoms. The van der Waals surface area contributed by atoms with Crippen LogP contribution in [-0.2, 0) is 4.79 Å². The van der Waals surface area contributed by atoms with Gasteiger partial charge in [-0.3, -0.25) is 4.79 Å². The Bertz CT molecular complexity index is 170. The van der Waals surface area contributed by atoms with Crippen molar-refractivity contribution in [3.05, 3.63) is 0 Å². The van der Waals surface area contributed by atoms with E-state index < -0.39 is 0 Å². The first-order valence-electron chi connectivity index (χ1n) is 4.77. The maximum atomic E-state index is 11.4. The van der Waals surface area contributed by atoms with Gasteiger partial charge in [0.05, 0.1) is 6.04 Å². The van der Waals surface area contributed by atoms with E-state index in [1.807, 2.05) is 13.8 Å². The summed E-state index contributed by atoms with van der Waals surface area (Å²) in [4.78, 5) is 11.4. The number of rotatable bonds is 3. The summed E-state index contributed by atoms with van der Waals surface area (Å²) in [6.07, 6.45) is 0. The van der Waals surface area contributed by atoms with Gasteiger partial charge in [0.25, 0.3) is 0 Å². The fraction of sp³-hybridized carbons (Fsp3) is 0.900. The van der Waals surface area contributed by atoms with Gasteiger partial charge in [0.1, 0.15) is 0 Å². The van der Waals surface area contributed by atoms with E-state index in [-0.39, 0.29) is 23.3 Å². The second-order valence-electron chi connectivity index (χ2n) is 5.05. The molecule has 0 heterocycles. The predicted octanol–water partition coefficient (Wildman–Crippen LogP) is 1.13. The Balaban J connectivity index is 3.89. The second kappa shape index (κ2) is 4.61. The molecule has 3 nitrogen and oxygen atoms in total. The predicted molar refractivity (Wildman–Crippen MR) is 55.3 cm³/mol. The highest BCUT2D eigenvalue weighted by atomic mass is 16.2. The van der Waals surface area contributed by atoms with E-state index in [9.17, 15) is 4.79 Å². The van der Waals surface area contributed by atoms with Gasteiger partial charge in [0.15, 0.2) is 0 Å². The lowest BCUT2D eigenvalue weighted by atomic mass is 9.96. The minimum Gasteiger partial charge on any atom is -0.354 e. The molecule has 0 spiro atoms. The third-order valence-electron chi connectivity index (χ3n) is 1.81. The van der Waals surface area contributed by atoms with Crippen LogP contribution in [0.2, 0.25) is 0 Å². The maximum absolute atomic E-state index is 11.4. The third-order valence-corrected chi connectivity index (χ3v) is 1.81. The zero-order valence-electron chi connectivity index (χ0n) is 9.35. The van der Waals surface area contributed by atoms with Crippen LogP contribution in [0.1, 0.15) is 34.6 Å². The molecule has 0 radical (unpaired) electrons. The van der Waals surface area contributed by atoms with Crippen LogP contribution in [0.15, 0.2) is 0 Å². The van der Waals surface area contributed by atoms with Crippen LogP contribution < -0.4 is 11.1 Å². The molecule has 0 aromatic heterocycles. The molecule has 0 saturated carbocycles. The molecule has 3 N–H and O–H groups in total. The van der Waals surface area contributed by atoms with Crippen LogP contribution in [0.5, 0.6) is 0 Å². The van der Waals surface area contributed by atoms with Gasteiger partial charge >= 0.3 is 0 Å². The molecule has 0 saturated heterocycles. The number of nitrogens with one attached hydrogen (secondary N) is 1. The number of amides is 1. The van der Waals surface area contributed by atoms with Gasteiger partial charge in [-0.25, -0.2) is 0 Å². The van der Waals surface area contributed by atoms with Crippen molar-refractivity contribution in [3.63, 3.8) is 0 Å². The minimum absolute atomic E-state index is 0.0510. The summed E-state index contributed by atoms with van der Waals surface area (Å²) in [6.45, 7) is 10.8. The molecule has 0 aromatic carbocycles. The molecule has 0 bridgehead atoms. The first kappa shape index (κ1) is 12.4. The standard InChI is InChI=1S/C10H22N2O/c1-7(2)8(11)9(13)12-6-10(3,4)5/h7-8H,6,11H2,1-5H3,(H,12,13)/t8-/m1/s1. The summed E-state index contributed by atoms with van der Waals surface area (Å²) < 4.78 is 0. The normalized spacial score (nSPS) is 14.4. The summed E-state index contributed by atoms with van der Waals surface area (Å²) in [6, 6.07) is -0.387. The van der Waals surface area contributed by atoms with E-state index in [1.165, 1.54) is 0 Å². The number of carbonyl (C=O) groups is 1. The first-order chi connectivity index (χ1) is 5.74. The Hall–Kier alpha value is -0.570. The number of hydrogen-bond donors (Lipinski definition) is 2. The van der Waals surface area contributed by atoms with E-state index in [4.69, 9.17) is 5.73 Å². The second-order valence-corrected chi connectivity index (χ2v) is 5.05. The summed E-state index contributed by atoms with van der Waals surface area (Å²) in [5.41, 5.74) is 5.79. The van der Waals surface area contributed by atoms with Gasteiger partial charge < -0.3 is 11.1 Å². The molecular weight excluding hydrogens is 164 g/mol. The Labute approximate surface area is 81.1 Å². The molecule has 0 rings (SSSR count). The summed E-state index contributed by atoms with van der Waals surface area (Å²) in [7, 11) is 0. The SMILES string of the molecule is CC(C)[C@@H](N)C(=O)NCC(C)(C)C. The van der Waals surface area contributed by atoms with E-state index in [2.05, 4.69) is 26.1 Å². The maximum Gasteiger partial charge on any atom is 0.237 e. The van der Waals surface area contributed by atoms with Crippen molar-refractivity contribution in [3.8, 4) is 0 Å². The molecule has 0 fully saturated rings. The van der Waals surface area contributed by atoms with Crippen LogP contribution in [-0.4, -0.2) is 18.5 Å². The zero-order valence-corrected chi connectivity index (χ0v) is 9.35. The van der Waals surface area contributed by atoms with Crippen molar-refractivity contribution < 1.29 is 4.79 Å². The van der Waals surface area contributed by atoms with Crippen molar-refractivity contribution in [2.75, 3.05) is 6.54 Å². The smallest absolute Gasteiger partial charge is 0.237 e. The lowest BCUT2D eigenvalue weighted by Gasteiger charge is -2.21. The largest absolute Gasteiger partial charge is 0.354 e. The average Bonchev–Trinajstić information content (AvgIpc) is 1.97. The van der Waals surface area contributed by atoms with Crippen LogP contribution >= 0.6 is 0 Å². The zero-order chi connectivity index (χ0) is 10.6. The van der Waals surface area contributed by atoms with Gasteiger partial charge in [-0.1, -0.05) is 34.6 Å². The van der Waals surface area contributed by atoms with E-state index in [0.717, 1.165) is 0 Å². The molecule has 0 unspecified atom stereocenters. The highest BCUT2D eigenvalue weighted by molar-refractivity contribution is 5.81. The van der Waals surface area contributed by atoms with Gasteiger partial charge in [0, 0.05) is 6.54 Å². The number of carbonyl (C=O) groups excluding carboxylic acids is 1. The van der Waals surface area contributed by atoms with Gasteiger partial charge in [-0.05, 0) is 11.3 Å². The molecule has 0 aliphatic carbocycles. The highest BCUT2D eigenvalue weighted by Gasteiger charge is 2.19. The Morgan fingerprint density at radius 2 is 1.85 bits per heavy atom. The number of hydrogen-bond acceptors (Lipinski definition) is 2. The molecule has 0 aliphatic rings. The van der Waals surface area contributed by atoms with Crippen molar-refractivity contribution in [2.45, 2.75) is 40.7 Å². The van der Waals surface area contributed by atoms with E-state index in [0.29, 0.717) is 6.54 Å². The first-order valence-corrected chi connectivity index (χ1v) is 4.77. The van der Waals surface area contributed by atoms with E-state index in [1.54, 1.807) is 0 Å². The van der Waals surface area contributed by atoms with E-state index >= 15 is 0 Å². The monoisotopic (exact) mass is 186 g/mol. The molecule has 78 valence electrons. The van der Waals surface area contributed by atoms with Crippen LogP contribution in [0.25, 0.3) is 0 Å². The Morgan fingerprint density at radius 3 is 2.15 bits per heavy atom. The van der Waals surface area contributed by atoms with Gasteiger partial charge in [-0.15, -0.1) is 0 Å². The minimum atomic E-state index is -0.387. The average molecular weight is 186 g/mol. The lowest BCUT2D eigenvalue weighted by Crippen LogP contribution is -2.46. The molecular formula is C10H22N2O. The summed E-state index contributed by atoms with van der Waals surface area (Å²) >= 11 is 0. The van der Waals surface area contributed by atoms with Crippen molar-refractivity contribution in [1.29, 1.82) is 0 Å². The summed E-state index contributed by atoms with van der Waals surface area (Å²) in [5, 5.41) is 2.84. The van der Waals surface area contributed by atoms with Crippen LogP contribution in [0, 0.1) is 11.3 Å². The van der Waals surface area contributed by atoms with Crippen LogP contribution in [0.3, 0.4) is 0 Å². The topological polar surface area (TPSA) is 55.1 Å². The lowest BCUT2D eigenvalue weighted by molar-refractivity contribution is -0.123. The van der Waals surface area contributed by atoms with Gasteiger partial charge in [0.2, 0.25) is 5.91 Å². The molecule has 1 amide bonds. The number of nitrogens with two attached hydrogens (primary N) is 1. The fourth-order valence-corrected chi connectivity index (χ4v) is 0.773. The van der Waals surface area contributed by atoms with Crippen molar-refractivity contribution >= 4 is 5.91 Å². The fourth-order valence-electron chi connectivity index (χ4n) is 0.773. The quantitative estimate of drug-likeness (QED) is 0.694. The highest BCUT2D eigenvalue weighted by Crippen LogP contribution is 2.10. The Morgan fingerprint density at radius 1 is 1.38 bits per heavy atom. The molecule has 3 heteroatoms. The van der Waals surface area contributed by atoms with Gasteiger partial charge in [-0.2, -0.15) is 0 Å². The van der Waals surface area contributed by atoms with Crippen molar-refractivity contribution in [2.24, 2.45) is 17.1 Å². The third kappa shape index (κ3) is 5.64. The summed E-state index contributed by atoms with van der Waals surface area (Å²) in [5.74, 6) is 0.143. The molecule has 0 aliphatic heterocycles. The van der Waals surface area contributed by atoms with Crippen molar-refractivity contribution in [1.82, 2.24) is 5.32 Å².